The predicted octanol–water partition coefficient (Wildman–Crippen LogP) is 5.05. The molecule has 3 aromatic carbocycles. The number of ether oxygens (including phenoxy) is 2. The molecule has 30 heavy (non-hydrogen) atoms. The van der Waals surface area contributed by atoms with Gasteiger partial charge >= 0.3 is 0 Å². The Morgan fingerprint density at radius 1 is 0.967 bits per heavy atom. The molecule has 0 bridgehead atoms. The van der Waals surface area contributed by atoms with E-state index >= 15 is 0 Å². The Bertz CT molecular complexity index is 989. The average molecular weight is 402 g/mol. The molecule has 4 rings (SSSR count). The molecular weight excluding hydrogens is 376 g/mol. The van der Waals surface area contributed by atoms with Crippen molar-refractivity contribution < 1.29 is 14.3 Å². The molecule has 0 radical (unpaired) electrons. The summed E-state index contributed by atoms with van der Waals surface area (Å²) < 4.78 is 10.9. The van der Waals surface area contributed by atoms with E-state index in [9.17, 15) is 4.79 Å². The van der Waals surface area contributed by atoms with Gasteiger partial charge in [0.1, 0.15) is 11.5 Å². The Balaban J connectivity index is 1.50. The minimum atomic E-state index is -0.0519. The summed E-state index contributed by atoms with van der Waals surface area (Å²) in [5.74, 6) is 1.35. The summed E-state index contributed by atoms with van der Waals surface area (Å²) in [6.07, 6.45) is 0.820. The van der Waals surface area contributed by atoms with Gasteiger partial charge in [-0.05, 0) is 61.4 Å². The quantitative estimate of drug-likeness (QED) is 0.627. The number of nitrogens with one attached hydrogen (secondary N) is 1. The van der Waals surface area contributed by atoms with Crippen molar-refractivity contribution in [1.82, 2.24) is 0 Å². The van der Waals surface area contributed by atoms with Crippen LogP contribution < -0.4 is 19.7 Å². The van der Waals surface area contributed by atoms with E-state index in [2.05, 4.69) is 30.4 Å². The molecule has 1 heterocycles. The van der Waals surface area contributed by atoms with Crippen LogP contribution in [0.15, 0.2) is 78.9 Å². The molecule has 0 aromatic heterocycles. The fourth-order valence-electron chi connectivity index (χ4n) is 3.95. The molecule has 0 saturated heterocycles. The second-order valence-electron chi connectivity index (χ2n) is 7.43. The first-order valence-corrected chi connectivity index (χ1v) is 10.1. The second kappa shape index (κ2) is 8.91. The lowest BCUT2D eigenvalue weighted by molar-refractivity contribution is -0.121. The highest BCUT2D eigenvalue weighted by Gasteiger charge is 2.33. The highest BCUT2D eigenvalue weighted by Crippen LogP contribution is 2.38. The van der Waals surface area contributed by atoms with E-state index in [1.165, 1.54) is 0 Å². The number of rotatable bonds is 6. The number of nitrogens with zero attached hydrogens (tertiary/aromatic N) is 1. The molecule has 0 fully saturated rings. The molecule has 1 aliphatic heterocycles. The summed E-state index contributed by atoms with van der Waals surface area (Å²) in [5, 5.41) is 3.61. The van der Waals surface area contributed by atoms with Crippen molar-refractivity contribution in [2.75, 3.05) is 23.9 Å². The Hall–Kier alpha value is -3.47. The SMILES string of the molecule is COc1ccc(OCC(=O)N2c3ccccc3C(Nc3ccccc3)CC2C)cc1. The average Bonchev–Trinajstić information content (AvgIpc) is 2.78. The van der Waals surface area contributed by atoms with Gasteiger partial charge in [0.15, 0.2) is 6.61 Å². The summed E-state index contributed by atoms with van der Waals surface area (Å²) in [5.41, 5.74) is 3.14. The summed E-state index contributed by atoms with van der Waals surface area (Å²) in [6.45, 7) is 2.07. The van der Waals surface area contributed by atoms with Crippen molar-refractivity contribution in [3.8, 4) is 11.5 Å². The smallest absolute Gasteiger partial charge is 0.265 e. The lowest BCUT2D eigenvalue weighted by atomic mass is 9.91. The number of carbonyl (C=O) groups is 1. The van der Waals surface area contributed by atoms with Crippen molar-refractivity contribution in [3.05, 3.63) is 84.4 Å². The molecular formula is C25H26N2O3. The van der Waals surface area contributed by atoms with Gasteiger partial charge in [0.05, 0.1) is 13.2 Å². The number of hydrogen-bond acceptors (Lipinski definition) is 4. The molecule has 154 valence electrons. The lowest BCUT2D eigenvalue weighted by Crippen LogP contribution is -2.46. The van der Waals surface area contributed by atoms with Gasteiger partial charge in [0.25, 0.3) is 5.91 Å². The number of anilines is 2. The van der Waals surface area contributed by atoms with E-state index in [0.29, 0.717) is 5.75 Å². The molecule has 1 N–H and O–H groups in total. The zero-order chi connectivity index (χ0) is 20.9. The van der Waals surface area contributed by atoms with E-state index in [4.69, 9.17) is 9.47 Å². The topological polar surface area (TPSA) is 50.8 Å². The standard InChI is InChI=1S/C25H26N2O3/c1-18-16-23(26-19-8-4-3-5-9-19)22-10-6-7-11-24(22)27(18)25(28)17-30-21-14-12-20(29-2)13-15-21/h3-15,18,23,26H,16-17H2,1-2H3. The van der Waals surface area contributed by atoms with Crippen LogP contribution in [0.5, 0.6) is 11.5 Å². The van der Waals surface area contributed by atoms with Gasteiger partial charge in [-0.1, -0.05) is 36.4 Å². The number of amides is 1. The zero-order valence-corrected chi connectivity index (χ0v) is 17.2. The third-order valence-corrected chi connectivity index (χ3v) is 5.39. The number of hydrogen-bond donors (Lipinski definition) is 1. The number of benzene rings is 3. The summed E-state index contributed by atoms with van der Waals surface area (Å²) in [6, 6.07) is 25.7. The van der Waals surface area contributed by atoms with E-state index in [0.717, 1.165) is 29.1 Å². The fraction of sp³-hybridized carbons (Fsp3) is 0.240. The van der Waals surface area contributed by atoms with Crippen molar-refractivity contribution >= 4 is 17.3 Å². The van der Waals surface area contributed by atoms with E-state index < -0.39 is 0 Å². The Labute approximate surface area is 177 Å². The van der Waals surface area contributed by atoms with Gasteiger partial charge in [-0.2, -0.15) is 0 Å². The Morgan fingerprint density at radius 3 is 2.37 bits per heavy atom. The van der Waals surface area contributed by atoms with Crippen LogP contribution in [0.2, 0.25) is 0 Å². The van der Waals surface area contributed by atoms with Crippen molar-refractivity contribution in [1.29, 1.82) is 0 Å². The highest BCUT2D eigenvalue weighted by molar-refractivity contribution is 5.96. The lowest BCUT2D eigenvalue weighted by Gasteiger charge is -2.40. The van der Waals surface area contributed by atoms with E-state index in [1.54, 1.807) is 19.2 Å². The van der Waals surface area contributed by atoms with Crippen molar-refractivity contribution in [3.63, 3.8) is 0 Å². The minimum Gasteiger partial charge on any atom is -0.497 e. The molecule has 1 aliphatic rings. The van der Waals surface area contributed by atoms with Crippen molar-refractivity contribution in [2.45, 2.75) is 25.4 Å². The van der Waals surface area contributed by atoms with Gasteiger partial charge in [-0.15, -0.1) is 0 Å². The highest BCUT2D eigenvalue weighted by atomic mass is 16.5. The molecule has 5 heteroatoms. The largest absolute Gasteiger partial charge is 0.497 e. The van der Waals surface area contributed by atoms with Crippen LogP contribution in [0.25, 0.3) is 0 Å². The first kappa shape index (κ1) is 19.8. The van der Waals surface area contributed by atoms with Gasteiger partial charge in [0, 0.05) is 17.4 Å². The Kier molecular flexibility index (Phi) is 5.89. The van der Waals surface area contributed by atoms with Crippen LogP contribution in [-0.2, 0) is 4.79 Å². The molecule has 5 nitrogen and oxygen atoms in total. The minimum absolute atomic E-state index is 0.0121. The summed E-state index contributed by atoms with van der Waals surface area (Å²) in [4.78, 5) is 15.0. The predicted molar refractivity (Wildman–Crippen MR) is 119 cm³/mol. The number of fused-ring (bicyclic) bond motifs is 1. The van der Waals surface area contributed by atoms with Crippen LogP contribution in [0, 0.1) is 0 Å². The summed E-state index contributed by atoms with van der Waals surface area (Å²) in [7, 11) is 1.62. The first-order chi connectivity index (χ1) is 14.7. The maximum Gasteiger partial charge on any atom is 0.265 e. The van der Waals surface area contributed by atoms with Gasteiger partial charge in [-0.25, -0.2) is 0 Å². The first-order valence-electron chi connectivity index (χ1n) is 10.1. The molecule has 0 spiro atoms. The van der Waals surface area contributed by atoms with Crippen LogP contribution in [0.1, 0.15) is 24.9 Å². The molecule has 3 aromatic rings. The normalized spacial score (nSPS) is 17.7. The fourth-order valence-corrected chi connectivity index (χ4v) is 3.95. The van der Waals surface area contributed by atoms with E-state index in [-0.39, 0.29) is 24.6 Å². The molecule has 0 aliphatic carbocycles. The monoisotopic (exact) mass is 402 g/mol. The maximum atomic E-state index is 13.1. The third kappa shape index (κ3) is 4.25. The maximum absolute atomic E-state index is 13.1. The molecule has 2 unspecified atom stereocenters. The van der Waals surface area contributed by atoms with Crippen molar-refractivity contribution in [2.24, 2.45) is 0 Å². The Morgan fingerprint density at radius 2 is 1.63 bits per heavy atom. The molecule has 2 atom stereocenters. The van der Waals surface area contributed by atoms with Crippen LogP contribution in [-0.4, -0.2) is 25.7 Å². The third-order valence-electron chi connectivity index (χ3n) is 5.39. The number of carbonyl (C=O) groups excluding carboxylic acids is 1. The summed E-state index contributed by atoms with van der Waals surface area (Å²) >= 11 is 0. The number of para-hydroxylation sites is 2. The number of methoxy groups -OCH3 is 1. The van der Waals surface area contributed by atoms with E-state index in [1.807, 2.05) is 53.4 Å². The van der Waals surface area contributed by atoms with Gasteiger partial charge in [0.2, 0.25) is 0 Å². The van der Waals surface area contributed by atoms with Crippen LogP contribution in [0.4, 0.5) is 11.4 Å². The second-order valence-corrected chi connectivity index (χ2v) is 7.43. The van der Waals surface area contributed by atoms with Gasteiger partial charge < -0.3 is 19.7 Å². The zero-order valence-electron chi connectivity index (χ0n) is 17.2. The molecule has 1 amide bonds. The molecule has 0 saturated carbocycles. The van der Waals surface area contributed by atoms with Crippen LogP contribution >= 0.6 is 0 Å². The van der Waals surface area contributed by atoms with Gasteiger partial charge in [-0.3, -0.25) is 4.79 Å². The van der Waals surface area contributed by atoms with Crippen LogP contribution in [0.3, 0.4) is 0 Å².